The molecule has 0 radical (unpaired) electrons. The van der Waals surface area contributed by atoms with Crippen molar-refractivity contribution in [2.75, 3.05) is 20.2 Å². The molecule has 0 saturated carbocycles. The van der Waals surface area contributed by atoms with Crippen LogP contribution in [0.4, 0.5) is 0 Å². The molecule has 1 aromatic rings. The number of hydrogen-bond acceptors (Lipinski definition) is 3. The summed E-state index contributed by atoms with van der Waals surface area (Å²) in [5.41, 5.74) is 6.43. The van der Waals surface area contributed by atoms with E-state index in [2.05, 4.69) is 22.9 Å². The number of halogens is 1. The van der Waals surface area contributed by atoms with Gasteiger partial charge in [-0.1, -0.05) is 0 Å². The summed E-state index contributed by atoms with van der Waals surface area (Å²) in [6.07, 6.45) is 2.12. The Morgan fingerprint density at radius 1 is 1.50 bits per heavy atom. The lowest BCUT2D eigenvalue weighted by atomic mass is 9.93. The van der Waals surface area contributed by atoms with Crippen molar-refractivity contribution in [3.63, 3.8) is 0 Å². The van der Waals surface area contributed by atoms with Crippen LogP contribution in [0.3, 0.4) is 0 Å². The summed E-state index contributed by atoms with van der Waals surface area (Å²) in [5.74, 6) is 1.21. The third-order valence-corrected chi connectivity index (χ3v) is 4.59. The van der Waals surface area contributed by atoms with E-state index in [0.717, 1.165) is 29.6 Å². The highest BCUT2D eigenvalue weighted by atomic mass is 79.9. The Bertz CT molecular complexity index is 493. The van der Waals surface area contributed by atoms with Gasteiger partial charge in [0.25, 0.3) is 5.91 Å². The average Bonchev–Trinajstić information content (AvgIpc) is 2.47. The molecule has 1 aliphatic rings. The summed E-state index contributed by atoms with van der Waals surface area (Å²) in [6, 6.07) is 5.71. The van der Waals surface area contributed by atoms with E-state index in [4.69, 9.17) is 10.5 Å². The van der Waals surface area contributed by atoms with Crippen molar-refractivity contribution in [2.45, 2.75) is 25.8 Å². The lowest BCUT2D eigenvalue weighted by Crippen LogP contribution is -2.47. The first-order valence-corrected chi connectivity index (χ1v) is 7.70. The van der Waals surface area contributed by atoms with Gasteiger partial charge in [0.15, 0.2) is 0 Å². The third-order valence-electron chi connectivity index (χ3n) is 3.97. The number of piperidine rings is 1. The molecular weight excluding hydrogens is 320 g/mol. The van der Waals surface area contributed by atoms with Gasteiger partial charge in [0, 0.05) is 18.2 Å². The molecule has 5 heteroatoms. The molecule has 1 aliphatic heterocycles. The third kappa shape index (κ3) is 3.15. The largest absolute Gasteiger partial charge is 0.496 e. The van der Waals surface area contributed by atoms with E-state index in [1.54, 1.807) is 7.11 Å². The van der Waals surface area contributed by atoms with Crippen LogP contribution < -0.4 is 10.5 Å². The Morgan fingerprint density at radius 2 is 2.25 bits per heavy atom. The molecule has 1 aromatic carbocycles. The molecule has 0 bridgehead atoms. The first kappa shape index (κ1) is 15.3. The molecule has 4 nitrogen and oxygen atoms in total. The number of nitrogens with two attached hydrogens (primary N) is 1. The van der Waals surface area contributed by atoms with Crippen LogP contribution in [-0.2, 0) is 0 Å². The van der Waals surface area contributed by atoms with Crippen molar-refractivity contribution in [1.29, 1.82) is 0 Å². The number of methoxy groups -OCH3 is 1. The molecular formula is C15H21BrN2O2. The summed E-state index contributed by atoms with van der Waals surface area (Å²) in [4.78, 5) is 14.6. The van der Waals surface area contributed by atoms with Gasteiger partial charge in [0.2, 0.25) is 0 Å². The number of likely N-dealkylation sites (tertiary alicyclic amines) is 1. The molecule has 1 amide bonds. The Labute approximate surface area is 128 Å². The van der Waals surface area contributed by atoms with E-state index in [1.165, 1.54) is 0 Å². The number of nitrogens with zero attached hydrogens (tertiary/aromatic N) is 1. The van der Waals surface area contributed by atoms with Crippen LogP contribution in [0.1, 0.15) is 30.1 Å². The maximum absolute atomic E-state index is 12.6. The van der Waals surface area contributed by atoms with Crippen LogP contribution in [-0.4, -0.2) is 37.0 Å². The number of ether oxygens (including phenoxy) is 1. The van der Waals surface area contributed by atoms with Crippen molar-refractivity contribution in [3.05, 3.63) is 28.2 Å². The Kier molecular flexibility index (Phi) is 5.05. The zero-order valence-electron chi connectivity index (χ0n) is 11.9. The molecule has 2 rings (SSSR count). The monoisotopic (exact) mass is 340 g/mol. The smallest absolute Gasteiger partial charge is 0.254 e. The predicted molar refractivity (Wildman–Crippen MR) is 83.0 cm³/mol. The molecule has 1 fully saturated rings. The molecule has 2 unspecified atom stereocenters. The quantitative estimate of drug-likeness (QED) is 0.920. The van der Waals surface area contributed by atoms with Crippen molar-refractivity contribution in [1.82, 2.24) is 4.90 Å². The second kappa shape index (κ2) is 6.59. The van der Waals surface area contributed by atoms with Gasteiger partial charge in [-0.15, -0.1) is 0 Å². The van der Waals surface area contributed by atoms with Crippen LogP contribution in [0.5, 0.6) is 5.75 Å². The second-order valence-corrected chi connectivity index (χ2v) is 6.19. The zero-order chi connectivity index (χ0) is 14.7. The normalized spacial score (nSPS) is 22.7. The SMILES string of the molecule is COc1ccc(C(=O)N2CC(CN)CCC2C)cc1Br. The topological polar surface area (TPSA) is 55.6 Å². The minimum Gasteiger partial charge on any atom is -0.496 e. The van der Waals surface area contributed by atoms with E-state index < -0.39 is 0 Å². The van der Waals surface area contributed by atoms with Crippen LogP contribution in [0.15, 0.2) is 22.7 Å². The number of carbonyl (C=O) groups is 1. The molecule has 0 spiro atoms. The van der Waals surface area contributed by atoms with E-state index in [9.17, 15) is 4.79 Å². The Hall–Kier alpha value is -1.07. The number of amides is 1. The number of hydrogen-bond donors (Lipinski definition) is 1. The van der Waals surface area contributed by atoms with Gasteiger partial charge in [0.1, 0.15) is 5.75 Å². The van der Waals surface area contributed by atoms with Gasteiger partial charge >= 0.3 is 0 Å². The van der Waals surface area contributed by atoms with Crippen molar-refractivity contribution in [2.24, 2.45) is 11.7 Å². The minimum absolute atomic E-state index is 0.0685. The highest BCUT2D eigenvalue weighted by molar-refractivity contribution is 9.10. The van der Waals surface area contributed by atoms with Gasteiger partial charge in [0.05, 0.1) is 11.6 Å². The van der Waals surface area contributed by atoms with E-state index in [0.29, 0.717) is 18.0 Å². The van der Waals surface area contributed by atoms with Gasteiger partial charge < -0.3 is 15.4 Å². The van der Waals surface area contributed by atoms with Gasteiger partial charge in [-0.05, 0) is 66.4 Å². The number of carbonyl (C=O) groups excluding carboxylic acids is 1. The summed E-state index contributed by atoms with van der Waals surface area (Å²) in [7, 11) is 1.61. The molecule has 2 atom stereocenters. The van der Waals surface area contributed by atoms with Gasteiger partial charge in [-0.25, -0.2) is 0 Å². The van der Waals surface area contributed by atoms with Crippen molar-refractivity contribution < 1.29 is 9.53 Å². The fraction of sp³-hybridized carbons (Fsp3) is 0.533. The molecule has 0 aliphatic carbocycles. The van der Waals surface area contributed by atoms with Gasteiger partial charge in [-0.3, -0.25) is 4.79 Å². The molecule has 20 heavy (non-hydrogen) atoms. The first-order valence-electron chi connectivity index (χ1n) is 6.91. The lowest BCUT2D eigenvalue weighted by molar-refractivity contribution is 0.0567. The minimum atomic E-state index is 0.0685. The fourth-order valence-electron chi connectivity index (χ4n) is 2.62. The maximum atomic E-state index is 12.6. The predicted octanol–water partition coefficient (Wildman–Crippen LogP) is 2.66. The van der Waals surface area contributed by atoms with Crippen LogP contribution in [0.2, 0.25) is 0 Å². The highest BCUT2D eigenvalue weighted by Gasteiger charge is 2.29. The maximum Gasteiger partial charge on any atom is 0.254 e. The van der Waals surface area contributed by atoms with Crippen LogP contribution in [0, 0.1) is 5.92 Å². The number of benzene rings is 1. The first-order chi connectivity index (χ1) is 9.56. The van der Waals surface area contributed by atoms with E-state index >= 15 is 0 Å². The van der Waals surface area contributed by atoms with Crippen molar-refractivity contribution >= 4 is 21.8 Å². The fourth-order valence-corrected chi connectivity index (χ4v) is 3.16. The summed E-state index contributed by atoms with van der Waals surface area (Å²) >= 11 is 3.42. The molecule has 1 heterocycles. The molecule has 2 N–H and O–H groups in total. The number of rotatable bonds is 3. The van der Waals surface area contributed by atoms with Crippen molar-refractivity contribution in [3.8, 4) is 5.75 Å². The zero-order valence-corrected chi connectivity index (χ0v) is 13.5. The molecule has 110 valence electrons. The molecule has 1 saturated heterocycles. The van der Waals surface area contributed by atoms with E-state index in [-0.39, 0.29) is 11.9 Å². The standard InChI is InChI=1S/C15H21BrN2O2/c1-10-3-4-11(8-17)9-18(10)15(19)12-5-6-14(20-2)13(16)7-12/h5-7,10-11H,3-4,8-9,17H2,1-2H3. The Balaban J connectivity index is 2.19. The van der Waals surface area contributed by atoms with Crippen LogP contribution >= 0.6 is 15.9 Å². The summed E-state index contributed by atoms with van der Waals surface area (Å²) in [5, 5.41) is 0. The average molecular weight is 341 g/mol. The summed E-state index contributed by atoms with van der Waals surface area (Å²) in [6.45, 7) is 3.49. The lowest BCUT2D eigenvalue weighted by Gasteiger charge is -2.37. The highest BCUT2D eigenvalue weighted by Crippen LogP contribution is 2.28. The summed E-state index contributed by atoms with van der Waals surface area (Å²) < 4.78 is 5.99. The van der Waals surface area contributed by atoms with E-state index in [1.807, 2.05) is 23.1 Å². The van der Waals surface area contributed by atoms with Crippen LogP contribution in [0.25, 0.3) is 0 Å². The molecule has 0 aromatic heterocycles. The van der Waals surface area contributed by atoms with Gasteiger partial charge in [-0.2, -0.15) is 0 Å². The Morgan fingerprint density at radius 3 is 2.85 bits per heavy atom. The second-order valence-electron chi connectivity index (χ2n) is 5.33.